The molecule has 0 spiro atoms. The lowest BCUT2D eigenvalue weighted by Gasteiger charge is -2.20. The normalized spacial score (nSPS) is 11.5. The SMILES string of the molecule is COc1ccc(CC(=O)NC(c2ccccc2)c2ccc(C)cc2)c(OC)c1. The highest BCUT2D eigenvalue weighted by Gasteiger charge is 2.18. The molecule has 0 fully saturated rings. The average molecular weight is 375 g/mol. The summed E-state index contributed by atoms with van der Waals surface area (Å²) < 4.78 is 10.6. The number of aryl methyl sites for hydroxylation is 1. The van der Waals surface area contributed by atoms with Crippen molar-refractivity contribution >= 4 is 5.91 Å². The van der Waals surface area contributed by atoms with Gasteiger partial charge in [0.25, 0.3) is 0 Å². The van der Waals surface area contributed by atoms with E-state index in [2.05, 4.69) is 36.5 Å². The number of amides is 1. The van der Waals surface area contributed by atoms with Crippen LogP contribution in [-0.2, 0) is 11.2 Å². The molecule has 3 aromatic carbocycles. The van der Waals surface area contributed by atoms with Gasteiger partial charge in [-0.3, -0.25) is 4.79 Å². The van der Waals surface area contributed by atoms with E-state index >= 15 is 0 Å². The van der Waals surface area contributed by atoms with Crippen molar-refractivity contribution in [2.45, 2.75) is 19.4 Å². The Bertz CT molecular complexity index is 920. The maximum absolute atomic E-state index is 12.9. The minimum Gasteiger partial charge on any atom is -0.497 e. The van der Waals surface area contributed by atoms with Gasteiger partial charge in [-0.05, 0) is 24.1 Å². The number of nitrogens with one attached hydrogen (secondary N) is 1. The fraction of sp³-hybridized carbons (Fsp3) is 0.208. The van der Waals surface area contributed by atoms with Crippen LogP contribution in [0.5, 0.6) is 11.5 Å². The molecule has 0 heterocycles. The minimum atomic E-state index is -0.210. The lowest BCUT2D eigenvalue weighted by molar-refractivity contribution is -0.121. The highest BCUT2D eigenvalue weighted by Crippen LogP contribution is 2.26. The van der Waals surface area contributed by atoms with Gasteiger partial charge in [-0.1, -0.05) is 66.2 Å². The zero-order chi connectivity index (χ0) is 19.9. The van der Waals surface area contributed by atoms with Gasteiger partial charge in [-0.15, -0.1) is 0 Å². The van der Waals surface area contributed by atoms with Crippen molar-refractivity contribution in [1.29, 1.82) is 0 Å². The molecular weight excluding hydrogens is 350 g/mol. The molecule has 4 nitrogen and oxygen atoms in total. The van der Waals surface area contributed by atoms with Gasteiger partial charge < -0.3 is 14.8 Å². The Balaban J connectivity index is 1.83. The molecule has 1 unspecified atom stereocenters. The molecule has 144 valence electrons. The molecule has 28 heavy (non-hydrogen) atoms. The summed E-state index contributed by atoms with van der Waals surface area (Å²) in [7, 11) is 3.20. The molecule has 0 radical (unpaired) electrons. The molecule has 3 aromatic rings. The molecule has 3 rings (SSSR count). The van der Waals surface area contributed by atoms with Gasteiger partial charge in [0.05, 0.1) is 26.7 Å². The second-order valence-electron chi connectivity index (χ2n) is 6.68. The number of carbonyl (C=O) groups is 1. The van der Waals surface area contributed by atoms with Crippen LogP contribution in [-0.4, -0.2) is 20.1 Å². The van der Waals surface area contributed by atoms with Crippen molar-refractivity contribution in [3.05, 3.63) is 95.1 Å². The van der Waals surface area contributed by atoms with E-state index in [0.29, 0.717) is 11.5 Å². The van der Waals surface area contributed by atoms with Crippen LogP contribution < -0.4 is 14.8 Å². The number of hydrogen-bond donors (Lipinski definition) is 1. The quantitative estimate of drug-likeness (QED) is 0.663. The second-order valence-corrected chi connectivity index (χ2v) is 6.68. The number of methoxy groups -OCH3 is 2. The van der Waals surface area contributed by atoms with Crippen LogP contribution in [0.25, 0.3) is 0 Å². The van der Waals surface area contributed by atoms with Gasteiger partial charge in [0.15, 0.2) is 0 Å². The Morgan fingerprint density at radius 1 is 0.893 bits per heavy atom. The van der Waals surface area contributed by atoms with Gasteiger partial charge in [-0.2, -0.15) is 0 Å². The number of rotatable bonds is 7. The van der Waals surface area contributed by atoms with Crippen LogP contribution in [0, 0.1) is 6.92 Å². The Morgan fingerprint density at radius 2 is 1.57 bits per heavy atom. The monoisotopic (exact) mass is 375 g/mol. The average Bonchev–Trinajstić information content (AvgIpc) is 2.73. The summed E-state index contributed by atoms with van der Waals surface area (Å²) in [4.78, 5) is 12.9. The molecule has 0 aromatic heterocycles. The van der Waals surface area contributed by atoms with Gasteiger partial charge in [0.1, 0.15) is 11.5 Å². The van der Waals surface area contributed by atoms with E-state index in [0.717, 1.165) is 16.7 Å². The minimum absolute atomic E-state index is 0.0714. The van der Waals surface area contributed by atoms with E-state index in [1.807, 2.05) is 42.5 Å². The van der Waals surface area contributed by atoms with Gasteiger partial charge >= 0.3 is 0 Å². The smallest absolute Gasteiger partial charge is 0.225 e. The van der Waals surface area contributed by atoms with E-state index in [1.165, 1.54) is 5.56 Å². The standard InChI is InChI=1S/C24H25NO3/c1-17-9-11-19(12-10-17)24(18-7-5-4-6-8-18)25-23(26)15-20-13-14-21(27-2)16-22(20)28-3/h4-14,16,24H,15H2,1-3H3,(H,25,26). The fourth-order valence-electron chi connectivity index (χ4n) is 3.15. The lowest BCUT2D eigenvalue weighted by atomic mass is 9.97. The van der Waals surface area contributed by atoms with E-state index < -0.39 is 0 Å². The van der Waals surface area contributed by atoms with Crippen molar-refractivity contribution in [3.8, 4) is 11.5 Å². The first-order valence-corrected chi connectivity index (χ1v) is 9.22. The first kappa shape index (κ1) is 19.5. The molecular formula is C24H25NO3. The number of ether oxygens (including phenoxy) is 2. The molecule has 1 atom stereocenters. The summed E-state index contributed by atoms with van der Waals surface area (Å²) in [6, 6.07) is 23.5. The molecule has 0 saturated carbocycles. The molecule has 1 amide bonds. The molecule has 1 N–H and O–H groups in total. The summed E-state index contributed by atoms with van der Waals surface area (Å²) >= 11 is 0. The Kier molecular flexibility index (Phi) is 6.33. The van der Waals surface area contributed by atoms with Crippen LogP contribution in [0.3, 0.4) is 0 Å². The highest BCUT2D eigenvalue weighted by atomic mass is 16.5. The summed E-state index contributed by atoms with van der Waals surface area (Å²) in [5.74, 6) is 1.27. The Labute approximate surface area is 166 Å². The molecule has 0 aliphatic heterocycles. The number of hydrogen-bond acceptors (Lipinski definition) is 3. The molecule has 0 bridgehead atoms. The predicted molar refractivity (Wildman–Crippen MR) is 111 cm³/mol. The zero-order valence-electron chi connectivity index (χ0n) is 16.4. The van der Waals surface area contributed by atoms with Crippen LogP contribution in [0.4, 0.5) is 0 Å². The maximum Gasteiger partial charge on any atom is 0.225 e. The van der Waals surface area contributed by atoms with Crippen LogP contribution in [0.1, 0.15) is 28.3 Å². The zero-order valence-corrected chi connectivity index (χ0v) is 16.4. The van der Waals surface area contributed by atoms with Crippen molar-refractivity contribution in [3.63, 3.8) is 0 Å². The molecule has 0 saturated heterocycles. The molecule has 0 aliphatic carbocycles. The van der Waals surface area contributed by atoms with E-state index in [9.17, 15) is 4.79 Å². The third-order valence-electron chi connectivity index (χ3n) is 4.69. The van der Waals surface area contributed by atoms with Crippen molar-refractivity contribution < 1.29 is 14.3 Å². The predicted octanol–water partition coefficient (Wildman–Crippen LogP) is 4.46. The van der Waals surface area contributed by atoms with E-state index in [4.69, 9.17) is 9.47 Å². The summed E-state index contributed by atoms with van der Waals surface area (Å²) in [6.45, 7) is 2.05. The summed E-state index contributed by atoms with van der Waals surface area (Å²) in [5.41, 5.74) is 4.09. The van der Waals surface area contributed by atoms with E-state index in [-0.39, 0.29) is 18.4 Å². The van der Waals surface area contributed by atoms with E-state index in [1.54, 1.807) is 20.3 Å². The number of benzene rings is 3. The van der Waals surface area contributed by atoms with Gasteiger partial charge in [-0.25, -0.2) is 0 Å². The first-order chi connectivity index (χ1) is 13.6. The van der Waals surface area contributed by atoms with Crippen molar-refractivity contribution in [1.82, 2.24) is 5.32 Å². The molecule has 0 aliphatic rings. The molecule has 4 heteroatoms. The Hall–Kier alpha value is -3.27. The number of carbonyl (C=O) groups excluding carboxylic acids is 1. The van der Waals surface area contributed by atoms with Gasteiger partial charge in [0.2, 0.25) is 5.91 Å². The van der Waals surface area contributed by atoms with Crippen molar-refractivity contribution in [2.24, 2.45) is 0 Å². The first-order valence-electron chi connectivity index (χ1n) is 9.22. The highest BCUT2D eigenvalue weighted by molar-refractivity contribution is 5.80. The van der Waals surface area contributed by atoms with Crippen LogP contribution in [0.2, 0.25) is 0 Å². The van der Waals surface area contributed by atoms with Crippen molar-refractivity contribution in [2.75, 3.05) is 14.2 Å². The summed E-state index contributed by atoms with van der Waals surface area (Å²) in [6.07, 6.45) is 0.225. The van der Waals surface area contributed by atoms with Crippen LogP contribution in [0.15, 0.2) is 72.8 Å². The summed E-state index contributed by atoms with van der Waals surface area (Å²) in [5, 5.41) is 3.17. The van der Waals surface area contributed by atoms with Gasteiger partial charge in [0, 0.05) is 11.6 Å². The topological polar surface area (TPSA) is 47.6 Å². The maximum atomic E-state index is 12.9. The Morgan fingerprint density at radius 3 is 2.21 bits per heavy atom. The third-order valence-corrected chi connectivity index (χ3v) is 4.69. The fourth-order valence-corrected chi connectivity index (χ4v) is 3.15. The second kappa shape index (κ2) is 9.09. The van der Waals surface area contributed by atoms with Crippen LogP contribution >= 0.6 is 0 Å². The largest absolute Gasteiger partial charge is 0.497 e. The lowest BCUT2D eigenvalue weighted by Crippen LogP contribution is -2.30. The third kappa shape index (κ3) is 4.71.